The molecule has 0 aliphatic heterocycles. The van der Waals surface area contributed by atoms with Gasteiger partial charge in [-0.1, -0.05) is 6.58 Å². The number of rotatable bonds is 8. The topological polar surface area (TPSA) is 101 Å². The van der Waals surface area contributed by atoms with E-state index in [0.717, 1.165) is 19.8 Å². The third-order valence-corrected chi connectivity index (χ3v) is 11.6. The second kappa shape index (κ2) is 13.7. The van der Waals surface area contributed by atoms with Crippen LogP contribution in [0, 0.1) is 21.4 Å². The molecule has 0 aliphatic carbocycles. The Balaban J connectivity index is 2.96. The van der Waals surface area contributed by atoms with Gasteiger partial charge in [-0.3, -0.25) is 0 Å². The molecule has 0 atom stereocenters. The Morgan fingerprint density at radius 2 is 1.40 bits per heavy atom. The fourth-order valence-corrected chi connectivity index (χ4v) is 10.5. The number of carbonyl (C=O) groups excluding carboxylic acids is 1. The molecule has 186 valence electrons. The summed E-state index contributed by atoms with van der Waals surface area (Å²) >= 11 is 12.7. The fourth-order valence-electron chi connectivity index (χ4n) is 3.12. The zero-order valence-corrected chi connectivity index (χ0v) is 31.0. The van der Waals surface area contributed by atoms with E-state index >= 15 is 0 Å². The average molecular weight is 1150 g/mol. The molecule has 0 bridgehead atoms. The van der Waals surface area contributed by atoms with E-state index in [1.165, 1.54) is 6.92 Å². The van der Waals surface area contributed by atoms with Gasteiger partial charge in [-0.2, -0.15) is 0 Å². The van der Waals surface area contributed by atoms with Gasteiger partial charge in [-0.15, -0.1) is 0 Å². The van der Waals surface area contributed by atoms with E-state index in [-0.39, 0.29) is 23.3 Å². The number of aromatic carboxylic acids is 1. The number of carbonyl (C=O) groups is 3. The third-order valence-electron chi connectivity index (χ3n) is 4.76. The first-order valence-electron chi connectivity index (χ1n) is 9.55. The number of benzene rings is 2. The second-order valence-corrected chi connectivity index (χ2v) is 14.0. The fraction of sp³-hybridized carbons (Fsp3) is 0.174. The van der Waals surface area contributed by atoms with E-state index in [4.69, 9.17) is 4.74 Å². The van der Waals surface area contributed by atoms with Gasteiger partial charge < -0.3 is 14.9 Å². The molecule has 0 spiro atoms. The number of carboxylic acids is 2. The molecule has 0 heterocycles. The van der Waals surface area contributed by atoms with Crippen molar-refractivity contribution in [3.05, 3.63) is 73.5 Å². The van der Waals surface area contributed by atoms with E-state index in [2.05, 4.69) is 120 Å². The monoisotopic (exact) mass is 1150 g/mol. The maximum atomic E-state index is 12.5. The second-order valence-electron chi connectivity index (χ2n) is 7.19. The molecule has 0 unspecified atom stereocenters. The molecule has 2 N–H and O–H groups in total. The molecular weight excluding hydrogens is 1130 g/mol. The van der Waals surface area contributed by atoms with Gasteiger partial charge in [0.05, 0.1) is 12.2 Å². The summed E-state index contributed by atoms with van der Waals surface area (Å²) in [5.74, 6) is -2.79. The van der Waals surface area contributed by atoms with Gasteiger partial charge in [0.15, 0.2) is 0 Å². The van der Waals surface area contributed by atoms with Crippen LogP contribution in [0.25, 0.3) is 5.57 Å². The van der Waals surface area contributed by atoms with Crippen LogP contribution in [0.5, 0.6) is 0 Å². The van der Waals surface area contributed by atoms with E-state index in [9.17, 15) is 24.6 Å². The molecule has 0 aliphatic rings. The van der Waals surface area contributed by atoms with Gasteiger partial charge in [0.1, 0.15) is 0 Å². The molecule has 2 aromatic rings. The highest BCUT2D eigenvalue weighted by Crippen LogP contribution is 2.42. The molecule has 0 saturated heterocycles. The van der Waals surface area contributed by atoms with Crippen LogP contribution in [0.15, 0.2) is 29.9 Å². The summed E-state index contributed by atoms with van der Waals surface area (Å²) in [4.78, 5) is 36.6. The number of hydrogen-bond acceptors (Lipinski definition) is 4. The maximum absolute atomic E-state index is 12.5. The number of halogens is 6. The molecule has 0 fully saturated rings. The van der Waals surface area contributed by atoms with Gasteiger partial charge in [0.25, 0.3) is 0 Å². The van der Waals surface area contributed by atoms with Gasteiger partial charge in [0, 0.05) is 55.7 Å². The van der Waals surface area contributed by atoms with Gasteiger partial charge in [0.2, 0.25) is 0 Å². The number of hydrogen-bond donors (Lipinski definition) is 2. The molecule has 35 heavy (non-hydrogen) atoms. The van der Waals surface area contributed by atoms with Crippen LogP contribution < -0.4 is 0 Å². The summed E-state index contributed by atoms with van der Waals surface area (Å²) < 4.78 is 9.72. The number of esters is 1. The highest BCUT2D eigenvalue weighted by molar-refractivity contribution is 14.1. The van der Waals surface area contributed by atoms with Crippen molar-refractivity contribution in [3.63, 3.8) is 0 Å². The molecular formula is C23H16I6O6. The number of carboxylic acid groups (broad SMARTS) is 2. The van der Waals surface area contributed by atoms with Crippen molar-refractivity contribution in [2.75, 3.05) is 6.61 Å². The lowest BCUT2D eigenvalue weighted by atomic mass is 9.88. The summed E-state index contributed by atoms with van der Waals surface area (Å²) in [6.45, 7) is 6.71. The quantitative estimate of drug-likeness (QED) is 0.123. The van der Waals surface area contributed by atoms with Crippen molar-refractivity contribution >= 4 is 159 Å². The van der Waals surface area contributed by atoms with Crippen LogP contribution in [-0.2, 0) is 20.7 Å². The Labute approximate surface area is 284 Å². The minimum absolute atomic E-state index is 0.0409. The van der Waals surface area contributed by atoms with Crippen LogP contribution in [0.3, 0.4) is 0 Å². The van der Waals surface area contributed by atoms with Gasteiger partial charge in [-0.25, -0.2) is 14.4 Å². The SMILES string of the molecule is C=C(C)C(=O)OCCc1c(I)c(I)c(C(=O)O)c(C(=C(C)C(=O)O)c2c(I)cc(I)cc2I)c1I. The van der Waals surface area contributed by atoms with E-state index in [0.29, 0.717) is 30.3 Å². The molecule has 2 aromatic carbocycles. The summed E-state index contributed by atoms with van der Waals surface area (Å²) in [6.07, 6.45) is 0.332. The number of aliphatic carboxylic acids is 1. The van der Waals surface area contributed by atoms with E-state index in [1.54, 1.807) is 6.92 Å². The lowest BCUT2D eigenvalue weighted by molar-refractivity contribution is -0.138. The van der Waals surface area contributed by atoms with E-state index < -0.39 is 17.9 Å². The van der Waals surface area contributed by atoms with Crippen molar-refractivity contribution in [2.24, 2.45) is 0 Å². The van der Waals surface area contributed by atoms with Crippen LogP contribution >= 0.6 is 136 Å². The predicted molar refractivity (Wildman–Crippen MR) is 185 cm³/mol. The summed E-state index contributed by atoms with van der Waals surface area (Å²) in [5.41, 5.74) is 2.54. The minimum Gasteiger partial charge on any atom is -0.478 e. The Morgan fingerprint density at radius 3 is 1.86 bits per heavy atom. The van der Waals surface area contributed by atoms with Gasteiger partial charge in [-0.05, 0) is 167 Å². The van der Waals surface area contributed by atoms with Crippen LogP contribution in [0.4, 0.5) is 0 Å². The molecule has 6 nitrogen and oxygen atoms in total. The highest BCUT2D eigenvalue weighted by atomic mass is 127. The zero-order chi connectivity index (χ0) is 26.8. The normalized spacial score (nSPS) is 11.7. The predicted octanol–water partition coefficient (Wildman–Crippen LogP) is 7.58. The lowest BCUT2D eigenvalue weighted by Crippen LogP contribution is -2.17. The zero-order valence-electron chi connectivity index (χ0n) is 18.1. The van der Waals surface area contributed by atoms with Crippen LogP contribution in [0.2, 0.25) is 0 Å². The van der Waals surface area contributed by atoms with E-state index in [1.807, 2.05) is 34.7 Å². The Bertz CT molecular complexity index is 1280. The van der Waals surface area contributed by atoms with Crippen molar-refractivity contribution in [1.29, 1.82) is 0 Å². The van der Waals surface area contributed by atoms with Gasteiger partial charge >= 0.3 is 17.9 Å². The highest BCUT2D eigenvalue weighted by Gasteiger charge is 2.31. The standard InChI is InChI=1S/C23H16I6O6/c1-8(2)23(34)35-5-4-11-18(27)16(17(22(32)33)20(29)19(11)28)14(9(3)21(30)31)15-12(25)6-10(24)7-13(15)26/h6-7H,1,4-5H2,2-3H3,(H,30,31)(H,32,33). The molecule has 0 radical (unpaired) electrons. The molecule has 12 heteroatoms. The Kier molecular flexibility index (Phi) is 12.5. The largest absolute Gasteiger partial charge is 0.478 e. The lowest BCUT2D eigenvalue weighted by Gasteiger charge is -2.23. The Morgan fingerprint density at radius 1 is 0.857 bits per heavy atom. The first kappa shape index (κ1) is 31.9. The summed E-state index contributed by atoms with van der Waals surface area (Å²) in [7, 11) is 0. The van der Waals surface area contributed by atoms with Crippen LogP contribution in [0.1, 0.15) is 40.9 Å². The Hall–Kier alpha value is 0.710. The molecule has 0 amide bonds. The van der Waals surface area contributed by atoms with Crippen molar-refractivity contribution in [3.8, 4) is 0 Å². The third kappa shape index (κ3) is 7.43. The molecule has 2 rings (SSSR count). The number of ether oxygens (including phenoxy) is 1. The maximum Gasteiger partial charge on any atom is 0.337 e. The minimum atomic E-state index is -1.15. The first-order chi connectivity index (χ1) is 16.2. The molecule has 0 saturated carbocycles. The molecule has 0 aromatic heterocycles. The van der Waals surface area contributed by atoms with Crippen molar-refractivity contribution in [2.45, 2.75) is 20.3 Å². The van der Waals surface area contributed by atoms with Crippen LogP contribution in [-0.4, -0.2) is 34.7 Å². The smallest absolute Gasteiger partial charge is 0.337 e. The summed E-state index contributed by atoms with van der Waals surface area (Å²) in [6, 6.07) is 3.85. The first-order valence-corrected chi connectivity index (χ1v) is 16.0. The van der Waals surface area contributed by atoms with Crippen molar-refractivity contribution < 1.29 is 29.3 Å². The summed E-state index contributed by atoms with van der Waals surface area (Å²) in [5, 5.41) is 20.2. The van der Waals surface area contributed by atoms with Crippen molar-refractivity contribution in [1.82, 2.24) is 0 Å². The average Bonchev–Trinajstić information content (AvgIpc) is 2.74.